The summed E-state index contributed by atoms with van der Waals surface area (Å²) in [7, 11) is 0. The molecule has 4 rings (SSSR count). The number of rotatable bonds is 7. The second kappa shape index (κ2) is 11.0. The number of carbonyl (C=O) groups excluding carboxylic acids is 2. The number of nitrogens with zero attached hydrogens (tertiary/aromatic N) is 6. The number of nitrogens with one attached hydrogen (secondary N) is 1. The van der Waals surface area contributed by atoms with Gasteiger partial charge in [0.2, 0.25) is 0 Å². The number of alkyl halides is 7. The first-order valence-electron chi connectivity index (χ1n) is 11.0. The van der Waals surface area contributed by atoms with E-state index in [1.165, 1.54) is 24.4 Å². The van der Waals surface area contributed by atoms with Crippen LogP contribution in [-0.2, 0) is 12.2 Å². The third kappa shape index (κ3) is 5.71. The van der Waals surface area contributed by atoms with Crippen LogP contribution < -0.4 is 11.1 Å². The minimum atomic E-state index is -6.40. The zero-order chi connectivity index (χ0) is 31.2. The first-order chi connectivity index (χ1) is 19.4. The van der Waals surface area contributed by atoms with Crippen LogP contribution in [0.4, 0.5) is 36.4 Å². The van der Waals surface area contributed by atoms with Gasteiger partial charge in [0.05, 0.1) is 33.2 Å². The van der Waals surface area contributed by atoms with Crippen molar-refractivity contribution in [2.45, 2.75) is 24.6 Å². The molecule has 0 saturated heterocycles. The van der Waals surface area contributed by atoms with Crippen LogP contribution >= 0.6 is 34.8 Å². The SMILES string of the molecule is NC(=O)c1cc(Cl)cc(Cl)c1NC(=O)c1cc(Cn2ncc(C(F)(C(F)(F)F)C(F)(F)F)n2)nn1-c1ncccc1Cl. The summed E-state index contributed by atoms with van der Waals surface area (Å²) in [5, 5.41) is 12.6. The highest BCUT2D eigenvalue weighted by Gasteiger charge is 2.75. The van der Waals surface area contributed by atoms with E-state index >= 15 is 0 Å². The first-order valence-corrected chi connectivity index (χ1v) is 12.1. The number of hydrogen-bond acceptors (Lipinski definition) is 6. The first kappa shape index (κ1) is 31.0. The Bertz CT molecular complexity index is 1670. The van der Waals surface area contributed by atoms with E-state index in [1.54, 1.807) is 0 Å². The van der Waals surface area contributed by atoms with Crippen LogP contribution in [0.1, 0.15) is 32.2 Å². The van der Waals surface area contributed by atoms with Gasteiger partial charge in [0, 0.05) is 11.2 Å². The van der Waals surface area contributed by atoms with Gasteiger partial charge in [-0.15, -0.1) is 0 Å². The van der Waals surface area contributed by atoms with Gasteiger partial charge in [-0.2, -0.15) is 46.4 Å². The number of benzene rings is 1. The lowest BCUT2D eigenvalue weighted by molar-refractivity contribution is -0.350. The van der Waals surface area contributed by atoms with Crippen molar-refractivity contribution < 1.29 is 40.3 Å². The van der Waals surface area contributed by atoms with E-state index < -0.39 is 42.1 Å². The van der Waals surface area contributed by atoms with Gasteiger partial charge in [-0.05, 0) is 30.3 Å². The third-order valence-corrected chi connectivity index (χ3v) is 6.28. The summed E-state index contributed by atoms with van der Waals surface area (Å²) in [6.45, 7) is -0.738. The number of aromatic nitrogens is 6. The minimum Gasteiger partial charge on any atom is -0.366 e. The molecule has 10 nitrogen and oxygen atoms in total. The normalized spacial score (nSPS) is 12.4. The van der Waals surface area contributed by atoms with E-state index in [9.17, 15) is 40.3 Å². The molecule has 0 unspecified atom stereocenters. The molecule has 1 aromatic carbocycles. The number of primary amides is 1. The van der Waals surface area contributed by atoms with Crippen LogP contribution in [0.2, 0.25) is 15.1 Å². The minimum absolute atomic E-state index is 0.0267. The summed E-state index contributed by atoms with van der Waals surface area (Å²) in [5.74, 6) is -2.12. The van der Waals surface area contributed by atoms with Crippen molar-refractivity contribution in [1.29, 1.82) is 0 Å². The van der Waals surface area contributed by atoms with Crippen LogP contribution in [0.25, 0.3) is 5.82 Å². The van der Waals surface area contributed by atoms with Crippen LogP contribution in [0, 0.1) is 0 Å². The second-order valence-corrected chi connectivity index (χ2v) is 9.54. The molecule has 0 aliphatic carbocycles. The maximum absolute atomic E-state index is 14.4. The fourth-order valence-electron chi connectivity index (χ4n) is 3.56. The fraction of sp³-hybridized carbons (Fsp3) is 0.182. The molecule has 2 amide bonds. The van der Waals surface area contributed by atoms with E-state index in [2.05, 4.69) is 25.6 Å². The van der Waals surface area contributed by atoms with Crippen molar-refractivity contribution in [2.24, 2.45) is 5.73 Å². The van der Waals surface area contributed by atoms with Crippen LogP contribution in [0.5, 0.6) is 0 Å². The molecule has 0 saturated carbocycles. The smallest absolute Gasteiger partial charge is 0.366 e. The Morgan fingerprint density at radius 3 is 2.21 bits per heavy atom. The molecular formula is C22H12Cl3F7N8O2. The third-order valence-electron chi connectivity index (χ3n) is 5.47. The lowest BCUT2D eigenvalue weighted by Crippen LogP contribution is -2.50. The molecule has 3 heterocycles. The lowest BCUT2D eigenvalue weighted by Gasteiger charge is -2.27. The lowest BCUT2D eigenvalue weighted by atomic mass is 10.0. The predicted octanol–water partition coefficient (Wildman–Crippen LogP) is 5.51. The van der Waals surface area contributed by atoms with Crippen molar-refractivity contribution in [3.05, 3.63) is 80.4 Å². The van der Waals surface area contributed by atoms with Gasteiger partial charge in [-0.1, -0.05) is 34.8 Å². The number of hydrogen-bond donors (Lipinski definition) is 2. The van der Waals surface area contributed by atoms with E-state index in [-0.39, 0.29) is 49.7 Å². The maximum Gasteiger partial charge on any atom is 0.437 e. The second-order valence-electron chi connectivity index (χ2n) is 8.28. The molecule has 3 aromatic heterocycles. The molecule has 0 aliphatic heterocycles. The van der Waals surface area contributed by atoms with Crippen molar-refractivity contribution in [3.63, 3.8) is 0 Å². The van der Waals surface area contributed by atoms with Crippen LogP contribution in [0.15, 0.2) is 42.7 Å². The summed E-state index contributed by atoms with van der Waals surface area (Å²) in [5.41, 5.74) is -3.60. The van der Waals surface area contributed by atoms with E-state index in [0.29, 0.717) is 4.80 Å². The van der Waals surface area contributed by atoms with Gasteiger partial charge in [0.1, 0.15) is 17.9 Å². The van der Waals surface area contributed by atoms with Gasteiger partial charge in [0.15, 0.2) is 5.82 Å². The van der Waals surface area contributed by atoms with E-state index in [0.717, 1.165) is 16.8 Å². The molecule has 222 valence electrons. The average molecular weight is 660 g/mol. The Labute approximate surface area is 244 Å². The highest BCUT2D eigenvalue weighted by Crippen LogP contribution is 2.52. The molecule has 3 N–H and O–H groups in total. The molecule has 0 atom stereocenters. The van der Waals surface area contributed by atoms with Gasteiger partial charge < -0.3 is 11.1 Å². The molecule has 20 heteroatoms. The van der Waals surface area contributed by atoms with Gasteiger partial charge in [-0.3, -0.25) is 9.59 Å². The fourth-order valence-corrected chi connectivity index (χ4v) is 4.31. The van der Waals surface area contributed by atoms with Crippen molar-refractivity contribution >= 4 is 52.3 Å². The molecule has 0 bridgehead atoms. The number of anilines is 1. The standard InChI is InChI=1S/C22H12Cl3F7N8O2/c23-9-4-11(17(33)41)16(13(25)5-9)36-19(42)14-6-10(37-40(14)18-12(24)2-1-3-34-18)8-39-35-7-15(38-39)20(26,21(27,28)29)22(30,31)32/h1-7H,8H2,(H2,33,41)(H,36,42). The van der Waals surface area contributed by atoms with Gasteiger partial charge >= 0.3 is 18.0 Å². The van der Waals surface area contributed by atoms with Crippen molar-refractivity contribution in [2.75, 3.05) is 5.32 Å². The maximum atomic E-state index is 14.4. The molecule has 4 aromatic rings. The number of amides is 2. The number of halogens is 10. The topological polar surface area (TPSA) is 134 Å². The average Bonchev–Trinajstić information content (AvgIpc) is 3.51. The number of carbonyl (C=O) groups is 2. The molecule has 0 fully saturated rings. The quantitative estimate of drug-likeness (QED) is 0.252. The van der Waals surface area contributed by atoms with Crippen LogP contribution in [0.3, 0.4) is 0 Å². The Morgan fingerprint density at radius 1 is 0.952 bits per heavy atom. The predicted molar refractivity (Wildman–Crippen MR) is 133 cm³/mol. The molecular weight excluding hydrogens is 648 g/mol. The molecule has 42 heavy (non-hydrogen) atoms. The molecule has 0 spiro atoms. The Morgan fingerprint density at radius 2 is 1.62 bits per heavy atom. The highest BCUT2D eigenvalue weighted by atomic mass is 35.5. The van der Waals surface area contributed by atoms with Crippen molar-refractivity contribution in [1.82, 2.24) is 29.8 Å². The van der Waals surface area contributed by atoms with E-state index in [1.807, 2.05) is 0 Å². The van der Waals surface area contributed by atoms with Gasteiger partial charge in [-0.25, -0.2) is 14.1 Å². The van der Waals surface area contributed by atoms with Gasteiger partial charge in [0.25, 0.3) is 11.8 Å². The highest BCUT2D eigenvalue weighted by molar-refractivity contribution is 6.38. The summed E-state index contributed by atoms with van der Waals surface area (Å²) in [6.07, 6.45) is -11.6. The molecule has 0 aliphatic rings. The summed E-state index contributed by atoms with van der Waals surface area (Å²) >= 11 is 18.2. The van der Waals surface area contributed by atoms with Crippen molar-refractivity contribution in [3.8, 4) is 5.82 Å². The molecule has 0 radical (unpaired) electrons. The largest absolute Gasteiger partial charge is 0.437 e. The Kier molecular flexibility index (Phi) is 8.14. The summed E-state index contributed by atoms with van der Waals surface area (Å²) in [6, 6.07) is 6.20. The zero-order valence-electron chi connectivity index (χ0n) is 20.1. The summed E-state index contributed by atoms with van der Waals surface area (Å²) in [4.78, 5) is 29.6. The Hall–Kier alpha value is -3.96. The zero-order valence-corrected chi connectivity index (χ0v) is 22.4. The summed E-state index contributed by atoms with van der Waals surface area (Å²) < 4.78 is 93.9. The number of pyridine rings is 1. The monoisotopic (exact) mass is 658 g/mol. The number of nitrogens with two attached hydrogens (primary N) is 1. The Balaban J connectivity index is 1.76. The van der Waals surface area contributed by atoms with E-state index in [4.69, 9.17) is 40.5 Å². The van der Waals surface area contributed by atoms with Crippen LogP contribution in [-0.4, -0.2) is 53.9 Å².